The molecule has 0 radical (unpaired) electrons. The largest absolute Gasteiger partial charge is 0.496 e. The Kier molecular flexibility index (Phi) is 5.70. The van der Waals surface area contributed by atoms with Crippen molar-refractivity contribution in [1.29, 1.82) is 0 Å². The highest BCUT2D eigenvalue weighted by Gasteiger charge is 2.40. The molecule has 28 heavy (non-hydrogen) atoms. The first-order valence-electron chi connectivity index (χ1n) is 8.74. The first-order valence-corrected chi connectivity index (χ1v) is 9.28. The van der Waals surface area contributed by atoms with Gasteiger partial charge >= 0.3 is 5.97 Å². The van der Waals surface area contributed by atoms with Gasteiger partial charge < -0.3 is 9.47 Å². The normalized spacial score (nSPS) is 19.9. The Bertz CT molecular complexity index is 944. The fourth-order valence-corrected chi connectivity index (χ4v) is 3.56. The van der Waals surface area contributed by atoms with Crippen LogP contribution in [0.5, 0.6) is 0 Å². The number of amides is 2. The van der Waals surface area contributed by atoms with Crippen LogP contribution in [0.2, 0.25) is 0 Å². The minimum absolute atomic E-state index is 0.232. The van der Waals surface area contributed by atoms with Gasteiger partial charge in [0.15, 0.2) is 0 Å². The summed E-state index contributed by atoms with van der Waals surface area (Å²) in [4.78, 5) is 38.5. The number of esters is 1. The molecule has 0 N–H and O–H groups in total. The van der Waals surface area contributed by atoms with Crippen molar-refractivity contribution in [1.82, 2.24) is 0 Å². The zero-order chi connectivity index (χ0) is 20.4. The number of alkyl halides is 1. The summed E-state index contributed by atoms with van der Waals surface area (Å²) >= 11 is 5.72. The van der Waals surface area contributed by atoms with E-state index in [0.717, 1.165) is 10.5 Å². The van der Waals surface area contributed by atoms with Gasteiger partial charge in [-0.3, -0.25) is 9.59 Å². The van der Waals surface area contributed by atoms with Crippen LogP contribution in [-0.4, -0.2) is 37.9 Å². The number of fused-ring (bicyclic) bond motifs is 1. The molecule has 1 aromatic rings. The highest BCUT2D eigenvalue weighted by atomic mass is 35.5. The maximum absolute atomic E-state index is 13.2. The third-order valence-electron chi connectivity index (χ3n) is 4.71. The van der Waals surface area contributed by atoms with Crippen LogP contribution in [0.3, 0.4) is 0 Å². The second-order valence-corrected chi connectivity index (χ2v) is 6.83. The molecule has 0 spiro atoms. The Morgan fingerprint density at radius 2 is 2.00 bits per heavy atom. The van der Waals surface area contributed by atoms with Gasteiger partial charge in [0.2, 0.25) is 5.91 Å². The molecular formula is C21H20ClNO5. The molecule has 6 nitrogen and oxygen atoms in total. The first kappa shape index (κ1) is 19.9. The van der Waals surface area contributed by atoms with Gasteiger partial charge in [0.1, 0.15) is 11.6 Å². The number of hydrogen-bond acceptors (Lipinski definition) is 5. The molecule has 1 aliphatic carbocycles. The number of ether oxygens (including phenoxy) is 2. The maximum Gasteiger partial charge on any atom is 0.337 e. The average Bonchev–Trinajstić information content (AvgIpc) is 2.99. The molecule has 3 rings (SSSR count). The number of allylic oxidation sites excluding steroid dienone is 4. The van der Waals surface area contributed by atoms with Crippen molar-refractivity contribution in [2.75, 3.05) is 25.0 Å². The number of anilines is 1. The molecule has 1 aliphatic heterocycles. The lowest BCUT2D eigenvalue weighted by molar-refractivity contribution is -0.122. The van der Waals surface area contributed by atoms with Crippen LogP contribution in [0.15, 0.2) is 47.8 Å². The monoisotopic (exact) mass is 401 g/mol. The number of carbonyl (C=O) groups is 3. The summed E-state index contributed by atoms with van der Waals surface area (Å²) in [5.74, 6) is -1.32. The molecule has 0 bridgehead atoms. The zero-order valence-electron chi connectivity index (χ0n) is 15.8. The summed E-state index contributed by atoms with van der Waals surface area (Å²) in [5, 5.41) is 0. The second kappa shape index (κ2) is 8.02. The molecule has 1 unspecified atom stereocenters. The van der Waals surface area contributed by atoms with E-state index >= 15 is 0 Å². The molecule has 1 atom stereocenters. The van der Waals surface area contributed by atoms with Crippen molar-refractivity contribution in [2.24, 2.45) is 5.92 Å². The Morgan fingerprint density at radius 3 is 2.61 bits per heavy atom. The molecule has 0 saturated carbocycles. The average molecular weight is 402 g/mol. The summed E-state index contributed by atoms with van der Waals surface area (Å²) in [6.07, 6.45) is 6.59. The lowest BCUT2D eigenvalue weighted by atomic mass is 9.91. The lowest BCUT2D eigenvalue weighted by Crippen LogP contribution is -2.34. The Morgan fingerprint density at radius 1 is 1.25 bits per heavy atom. The number of benzene rings is 1. The van der Waals surface area contributed by atoms with Gasteiger partial charge in [0.25, 0.3) is 5.91 Å². The van der Waals surface area contributed by atoms with Crippen molar-refractivity contribution in [3.63, 3.8) is 0 Å². The quantitative estimate of drug-likeness (QED) is 0.334. The van der Waals surface area contributed by atoms with E-state index in [1.807, 2.05) is 12.2 Å². The summed E-state index contributed by atoms with van der Waals surface area (Å²) < 4.78 is 10.3. The Labute approximate surface area is 168 Å². The lowest BCUT2D eigenvalue weighted by Gasteiger charge is -2.18. The van der Waals surface area contributed by atoms with Crippen LogP contribution >= 0.6 is 11.6 Å². The van der Waals surface area contributed by atoms with Crippen LogP contribution in [0.25, 0.3) is 5.57 Å². The minimum atomic E-state index is -0.578. The van der Waals surface area contributed by atoms with Crippen LogP contribution in [-0.2, 0) is 19.1 Å². The Balaban J connectivity index is 2.23. The van der Waals surface area contributed by atoms with Crippen LogP contribution < -0.4 is 4.90 Å². The predicted molar refractivity (Wildman–Crippen MR) is 106 cm³/mol. The van der Waals surface area contributed by atoms with E-state index in [9.17, 15) is 14.4 Å². The van der Waals surface area contributed by atoms with Crippen LogP contribution in [0.4, 0.5) is 5.69 Å². The summed E-state index contributed by atoms with van der Waals surface area (Å²) in [5.41, 5.74) is 2.18. The summed E-state index contributed by atoms with van der Waals surface area (Å²) in [6.45, 7) is 2.07. The highest BCUT2D eigenvalue weighted by molar-refractivity contribution is 6.44. The molecule has 146 valence electrons. The van der Waals surface area contributed by atoms with Crippen LogP contribution in [0, 0.1) is 5.92 Å². The Hall–Kier alpha value is -2.86. The number of methoxy groups -OCH3 is 2. The van der Waals surface area contributed by atoms with Gasteiger partial charge in [-0.2, -0.15) is 0 Å². The topological polar surface area (TPSA) is 72.9 Å². The van der Waals surface area contributed by atoms with Gasteiger partial charge in [-0.05, 0) is 30.0 Å². The van der Waals surface area contributed by atoms with E-state index in [2.05, 4.69) is 13.0 Å². The van der Waals surface area contributed by atoms with Crippen LogP contribution in [0.1, 0.15) is 29.3 Å². The molecule has 0 saturated heterocycles. The fraction of sp³-hybridized carbons (Fsp3) is 0.286. The van der Waals surface area contributed by atoms with Crippen molar-refractivity contribution in [3.05, 3.63) is 58.9 Å². The molecule has 0 fully saturated rings. The molecule has 7 heteroatoms. The van der Waals surface area contributed by atoms with Crippen molar-refractivity contribution in [2.45, 2.75) is 13.3 Å². The highest BCUT2D eigenvalue weighted by Crippen LogP contribution is 2.42. The first-order chi connectivity index (χ1) is 13.4. The van der Waals surface area contributed by atoms with Gasteiger partial charge in [-0.25, -0.2) is 9.69 Å². The van der Waals surface area contributed by atoms with Gasteiger partial charge in [0.05, 0.1) is 31.0 Å². The third kappa shape index (κ3) is 3.36. The standard InChI is InChI=1S/C21H20ClNO5/c1-12-5-4-6-13(9-12)19(27-2)18-15-8-7-14(21(26)28-3)10-16(15)23(20(18)25)17(24)11-22/h4-8,10,12H,9,11H2,1-3H3/b19-18+. The van der Waals surface area contributed by atoms with E-state index in [1.165, 1.54) is 20.3 Å². The number of nitrogens with zero attached hydrogens (tertiary/aromatic N) is 1. The van der Waals surface area contributed by atoms with E-state index in [-0.39, 0.29) is 17.0 Å². The van der Waals surface area contributed by atoms with Crippen molar-refractivity contribution < 1.29 is 23.9 Å². The number of hydrogen-bond donors (Lipinski definition) is 0. The third-order valence-corrected chi connectivity index (χ3v) is 4.94. The van der Waals surface area contributed by atoms with E-state index in [0.29, 0.717) is 29.3 Å². The van der Waals surface area contributed by atoms with Crippen molar-refractivity contribution in [3.8, 4) is 0 Å². The maximum atomic E-state index is 13.2. The number of carbonyl (C=O) groups excluding carboxylic acids is 3. The second-order valence-electron chi connectivity index (χ2n) is 6.56. The predicted octanol–water partition coefficient (Wildman–Crippen LogP) is 3.47. The number of rotatable bonds is 4. The molecule has 1 heterocycles. The van der Waals surface area contributed by atoms with Gasteiger partial charge in [-0.1, -0.05) is 31.2 Å². The fourth-order valence-electron chi connectivity index (χ4n) is 3.44. The van der Waals surface area contributed by atoms with E-state index in [1.54, 1.807) is 12.1 Å². The number of halogens is 1. The van der Waals surface area contributed by atoms with Gasteiger partial charge in [0, 0.05) is 5.56 Å². The molecule has 2 aliphatic rings. The molecular weight excluding hydrogens is 382 g/mol. The summed E-state index contributed by atoms with van der Waals surface area (Å²) in [6, 6.07) is 4.64. The smallest absolute Gasteiger partial charge is 0.337 e. The van der Waals surface area contributed by atoms with E-state index < -0.39 is 17.8 Å². The van der Waals surface area contributed by atoms with Gasteiger partial charge in [-0.15, -0.1) is 11.6 Å². The van der Waals surface area contributed by atoms with Crippen molar-refractivity contribution >= 4 is 40.6 Å². The zero-order valence-corrected chi connectivity index (χ0v) is 16.6. The van der Waals surface area contributed by atoms with E-state index in [4.69, 9.17) is 21.1 Å². The molecule has 0 aromatic heterocycles. The molecule has 2 amide bonds. The molecule has 1 aromatic carbocycles. The minimum Gasteiger partial charge on any atom is -0.496 e. The summed E-state index contributed by atoms with van der Waals surface area (Å²) in [7, 11) is 2.76. The SMILES string of the molecule is COC(=O)c1ccc2c(c1)N(C(=O)CCl)C(=O)/C2=C(/OC)C1=CC=CC(C)C1. The number of imide groups is 1.